The molecular formula is C16H22ClFN2O3. The van der Waals surface area contributed by atoms with E-state index in [1.165, 1.54) is 12.1 Å². The molecule has 1 heterocycles. The highest BCUT2D eigenvalue weighted by Gasteiger charge is 2.22. The summed E-state index contributed by atoms with van der Waals surface area (Å²) in [5.74, 6) is -0.203. The smallest absolute Gasteiger partial charge is 0.315 e. The van der Waals surface area contributed by atoms with Crippen LogP contribution >= 0.6 is 11.6 Å². The molecule has 23 heavy (non-hydrogen) atoms. The topological polar surface area (TPSA) is 70.6 Å². The summed E-state index contributed by atoms with van der Waals surface area (Å²) in [6, 6.07) is 3.75. The number of hydrogen-bond acceptors (Lipinski definition) is 3. The van der Waals surface area contributed by atoms with E-state index in [9.17, 15) is 14.3 Å². The Morgan fingerprint density at radius 2 is 2.17 bits per heavy atom. The molecule has 0 saturated carbocycles. The fourth-order valence-electron chi connectivity index (χ4n) is 2.62. The van der Waals surface area contributed by atoms with Gasteiger partial charge in [0.2, 0.25) is 0 Å². The number of aliphatic hydroxyl groups excluding tert-OH is 1. The van der Waals surface area contributed by atoms with Gasteiger partial charge in [-0.2, -0.15) is 0 Å². The quantitative estimate of drug-likeness (QED) is 0.769. The molecule has 1 aliphatic rings. The lowest BCUT2D eigenvalue weighted by Gasteiger charge is -2.28. The summed E-state index contributed by atoms with van der Waals surface area (Å²) < 4.78 is 18.7. The molecule has 2 atom stereocenters. The fourth-order valence-corrected chi connectivity index (χ4v) is 2.74. The maximum Gasteiger partial charge on any atom is 0.315 e. The first-order valence-corrected chi connectivity index (χ1v) is 8.10. The number of aliphatic hydroxyl groups is 1. The van der Waals surface area contributed by atoms with Crippen LogP contribution < -0.4 is 10.6 Å². The van der Waals surface area contributed by atoms with Gasteiger partial charge in [0.05, 0.1) is 11.1 Å². The van der Waals surface area contributed by atoms with E-state index >= 15 is 0 Å². The van der Waals surface area contributed by atoms with Gasteiger partial charge in [-0.1, -0.05) is 17.7 Å². The van der Waals surface area contributed by atoms with Crippen molar-refractivity contribution >= 4 is 17.6 Å². The summed E-state index contributed by atoms with van der Waals surface area (Å²) in [6.45, 7) is 3.40. The summed E-state index contributed by atoms with van der Waals surface area (Å²) in [7, 11) is 0. The molecule has 0 aliphatic carbocycles. The molecule has 3 N–H and O–H groups in total. The van der Waals surface area contributed by atoms with Crippen LogP contribution in [0.2, 0.25) is 5.02 Å². The summed E-state index contributed by atoms with van der Waals surface area (Å²) >= 11 is 5.60. The van der Waals surface area contributed by atoms with Crippen molar-refractivity contribution in [1.29, 1.82) is 0 Å². The first-order valence-electron chi connectivity index (χ1n) is 7.72. The monoisotopic (exact) mass is 344 g/mol. The van der Waals surface area contributed by atoms with Gasteiger partial charge >= 0.3 is 6.03 Å². The Hall–Kier alpha value is -1.37. The van der Waals surface area contributed by atoms with Crippen molar-refractivity contribution in [2.24, 2.45) is 5.92 Å². The van der Waals surface area contributed by atoms with Crippen LogP contribution in [0.25, 0.3) is 0 Å². The second kappa shape index (κ2) is 8.47. The number of carbonyl (C=O) groups is 1. The first kappa shape index (κ1) is 18.0. The third-order valence-electron chi connectivity index (χ3n) is 4.12. The highest BCUT2D eigenvalue weighted by molar-refractivity contribution is 6.30. The predicted molar refractivity (Wildman–Crippen MR) is 85.9 cm³/mol. The van der Waals surface area contributed by atoms with Gasteiger partial charge in [0.15, 0.2) is 0 Å². The molecule has 7 heteroatoms. The van der Waals surface area contributed by atoms with Crippen LogP contribution in [0.5, 0.6) is 0 Å². The SMILES string of the molecule is C[C@@H](NC(=O)NC[C@H](O)c1ccc(Cl)c(F)c1)C1CCOCC1. The Morgan fingerprint density at radius 1 is 1.48 bits per heavy atom. The molecule has 2 amide bonds. The molecule has 0 spiro atoms. The van der Waals surface area contributed by atoms with Crippen molar-refractivity contribution < 1.29 is 19.0 Å². The van der Waals surface area contributed by atoms with E-state index in [0.717, 1.165) is 32.1 Å². The standard InChI is InChI=1S/C16H22ClFN2O3/c1-10(11-4-6-23-7-5-11)20-16(22)19-9-15(21)12-2-3-13(17)14(18)8-12/h2-3,8,10-11,15,21H,4-7,9H2,1H3,(H2,19,20,22)/t10-,15+/m1/s1. The summed E-state index contributed by atoms with van der Waals surface area (Å²) in [6.07, 6.45) is 0.855. The number of benzene rings is 1. The average molecular weight is 345 g/mol. The number of rotatable bonds is 5. The molecule has 1 saturated heterocycles. The molecule has 2 rings (SSSR count). The van der Waals surface area contributed by atoms with Crippen LogP contribution in [0.1, 0.15) is 31.4 Å². The summed E-state index contributed by atoms with van der Waals surface area (Å²) in [4.78, 5) is 11.9. The van der Waals surface area contributed by atoms with E-state index in [0.29, 0.717) is 11.5 Å². The van der Waals surface area contributed by atoms with Crippen molar-refractivity contribution in [3.05, 3.63) is 34.6 Å². The lowest BCUT2D eigenvalue weighted by Crippen LogP contribution is -2.46. The molecular weight excluding hydrogens is 323 g/mol. The van der Waals surface area contributed by atoms with Crippen molar-refractivity contribution in [2.75, 3.05) is 19.8 Å². The minimum atomic E-state index is -0.995. The molecule has 1 aromatic rings. The highest BCUT2D eigenvalue weighted by Crippen LogP contribution is 2.20. The molecule has 5 nitrogen and oxygen atoms in total. The van der Waals surface area contributed by atoms with Gasteiger partial charge in [-0.05, 0) is 43.4 Å². The van der Waals surface area contributed by atoms with E-state index in [2.05, 4.69) is 10.6 Å². The van der Waals surface area contributed by atoms with Gasteiger partial charge in [-0.15, -0.1) is 0 Å². The zero-order valence-electron chi connectivity index (χ0n) is 13.0. The Kier molecular flexibility index (Phi) is 6.62. The van der Waals surface area contributed by atoms with Gasteiger partial charge in [0.1, 0.15) is 5.82 Å². The molecule has 1 aromatic carbocycles. The van der Waals surface area contributed by atoms with Crippen LogP contribution in [0.4, 0.5) is 9.18 Å². The van der Waals surface area contributed by atoms with Crippen molar-refractivity contribution in [3.63, 3.8) is 0 Å². The van der Waals surface area contributed by atoms with Gasteiger partial charge in [0.25, 0.3) is 0 Å². The number of amides is 2. The predicted octanol–water partition coefficient (Wildman–Crippen LogP) is 2.63. The number of nitrogens with one attached hydrogen (secondary N) is 2. The Balaban J connectivity index is 1.77. The van der Waals surface area contributed by atoms with Crippen LogP contribution in [-0.2, 0) is 4.74 Å². The largest absolute Gasteiger partial charge is 0.387 e. The van der Waals surface area contributed by atoms with E-state index in [-0.39, 0.29) is 23.6 Å². The molecule has 0 radical (unpaired) electrons. The molecule has 0 unspecified atom stereocenters. The zero-order valence-corrected chi connectivity index (χ0v) is 13.8. The van der Waals surface area contributed by atoms with E-state index < -0.39 is 11.9 Å². The van der Waals surface area contributed by atoms with Crippen LogP contribution in [0, 0.1) is 11.7 Å². The number of hydrogen-bond donors (Lipinski definition) is 3. The lowest BCUT2D eigenvalue weighted by molar-refractivity contribution is 0.0570. The molecule has 1 aliphatic heterocycles. The first-order chi connectivity index (χ1) is 11.0. The van der Waals surface area contributed by atoms with Crippen molar-refractivity contribution in [3.8, 4) is 0 Å². The highest BCUT2D eigenvalue weighted by atomic mass is 35.5. The third kappa shape index (κ3) is 5.34. The Bertz CT molecular complexity index is 538. The minimum Gasteiger partial charge on any atom is -0.387 e. The van der Waals surface area contributed by atoms with Crippen LogP contribution in [0.3, 0.4) is 0 Å². The fraction of sp³-hybridized carbons (Fsp3) is 0.562. The second-order valence-corrected chi connectivity index (χ2v) is 6.19. The van der Waals surface area contributed by atoms with Gasteiger partial charge in [-0.3, -0.25) is 0 Å². The number of carbonyl (C=O) groups excluding carboxylic acids is 1. The average Bonchev–Trinajstić information content (AvgIpc) is 2.56. The molecule has 128 valence electrons. The van der Waals surface area contributed by atoms with Crippen molar-refractivity contribution in [1.82, 2.24) is 10.6 Å². The maximum atomic E-state index is 13.4. The van der Waals surface area contributed by atoms with Crippen LogP contribution in [0.15, 0.2) is 18.2 Å². The van der Waals surface area contributed by atoms with E-state index in [4.69, 9.17) is 16.3 Å². The third-order valence-corrected chi connectivity index (χ3v) is 4.42. The maximum absolute atomic E-state index is 13.4. The molecule has 1 fully saturated rings. The lowest BCUT2D eigenvalue weighted by atomic mass is 9.93. The normalized spacial score (nSPS) is 18.3. The van der Waals surface area contributed by atoms with E-state index in [1.807, 2.05) is 6.92 Å². The van der Waals surface area contributed by atoms with Gasteiger partial charge in [0, 0.05) is 25.8 Å². The van der Waals surface area contributed by atoms with Gasteiger partial charge < -0.3 is 20.5 Å². The molecule has 0 bridgehead atoms. The number of ether oxygens (including phenoxy) is 1. The van der Waals surface area contributed by atoms with Gasteiger partial charge in [-0.25, -0.2) is 9.18 Å². The Labute approximate surface area is 140 Å². The zero-order chi connectivity index (χ0) is 16.8. The number of urea groups is 1. The Morgan fingerprint density at radius 3 is 2.83 bits per heavy atom. The van der Waals surface area contributed by atoms with Crippen molar-refractivity contribution in [2.45, 2.75) is 31.9 Å². The minimum absolute atomic E-state index is 0.00283. The van der Waals surface area contributed by atoms with Crippen LogP contribution in [-0.4, -0.2) is 36.9 Å². The second-order valence-electron chi connectivity index (χ2n) is 5.78. The molecule has 0 aromatic heterocycles. The summed E-state index contributed by atoms with van der Waals surface area (Å²) in [5.41, 5.74) is 0.365. The number of halogens is 2. The van der Waals surface area contributed by atoms with E-state index in [1.54, 1.807) is 0 Å². The summed E-state index contributed by atoms with van der Waals surface area (Å²) in [5, 5.41) is 15.5.